The molecule has 0 atom stereocenters. The molecule has 3 heteroatoms. The molecule has 3 nitrogen and oxygen atoms in total. The number of nitrogens with zero attached hydrogens (tertiary/aromatic N) is 1. The summed E-state index contributed by atoms with van der Waals surface area (Å²) in [4.78, 5) is 0. The van der Waals surface area contributed by atoms with Crippen molar-refractivity contribution in [2.24, 2.45) is 0 Å². The van der Waals surface area contributed by atoms with Crippen LogP contribution in [0.2, 0.25) is 0 Å². The van der Waals surface area contributed by atoms with Gasteiger partial charge in [-0.2, -0.15) is 5.26 Å². The summed E-state index contributed by atoms with van der Waals surface area (Å²) in [5.41, 5.74) is 0.846. The molecule has 0 aromatic heterocycles. The highest BCUT2D eigenvalue weighted by atomic mass is 16.5. The molecular formula is C11H10NO2. The summed E-state index contributed by atoms with van der Waals surface area (Å²) in [7, 11) is 3.12. The Bertz CT molecular complexity index is 355. The lowest BCUT2D eigenvalue weighted by Gasteiger charge is -2.04. The smallest absolute Gasteiger partial charge is 0.131 e. The Hall–Kier alpha value is -1.95. The van der Waals surface area contributed by atoms with Crippen LogP contribution in [0.25, 0.3) is 6.08 Å². The van der Waals surface area contributed by atoms with Gasteiger partial charge in [-0.25, -0.2) is 0 Å². The van der Waals surface area contributed by atoms with Crippen LogP contribution in [0.15, 0.2) is 18.2 Å². The zero-order valence-corrected chi connectivity index (χ0v) is 8.07. The van der Waals surface area contributed by atoms with E-state index in [9.17, 15) is 0 Å². The highest BCUT2D eigenvalue weighted by Crippen LogP contribution is 2.22. The zero-order valence-electron chi connectivity index (χ0n) is 8.07. The largest absolute Gasteiger partial charge is 0.496 e. The molecule has 0 aliphatic heterocycles. The molecule has 0 N–H and O–H groups in total. The number of hydrogen-bond acceptors (Lipinski definition) is 3. The Kier molecular flexibility index (Phi) is 3.57. The molecular weight excluding hydrogens is 178 g/mol. The van der Waals surface area contributed by atoms with Crippen LogP contribution in [-0.2, 0) is 0 Å². The van der Waals surface area contributed by atoms with E-state index in [1.54, 1.807) is 32.4 Å². The SMILES string of the molecule is COc1[c]c(OC)cc(/C=C/C#N)c1. The molecule has 0 saturated carbocycles. The second-order valence-electron chi connectivity index (χ2n) is 2.51. The van der Waals surface area contributed by atoms with Gasteiger partial charge in [0.1, 0.15) is 11.5 Å². The van der Waals surface area contributed by atoms with Crippen molar-refractivity contribution in [3.05, 3.63) is 29.8 Å². The zero-order chi connectivity index (χ0) is 10.4. The molecule has 0 saturated heterocycles. The van der Waals surface area contributed by atoms with Crippen LogP contribution in [0.5, 0.6) is 11.5 Å². The lowest BCUT2D eigenvalue weighted by Crippen LogP contribution is -1.88. The van der Waals surface area contributed by atoms with Crippen molar-refractivity contribution in [1.82, 2.24) is 0 Å². The number of methoxy groups -OCH3 is 2. The van der Waals surface area contributed by atoms with Crippen LogP contribution in [0.1, 0.15) is 5.56 Å². The van der Waals surface area contributed by atoms with Crippen molar-refractivity contribution in [1.29, 1.82) is 5.26 Å². The summed E-state index contributed by atoms with van der Waals surface area (Å²) in [6.07, 6.45) is 3.08. The first-order valence-corrected chi connectivity index (χ1v) is 4.01. The number of nitriles is 1. The van der Waals surface area contributed by atoms with Gasteiger partial charge in [0, 0.05) is 6.08 Å². The second-order valence-corrected chi connectivity index (χ2v) is 2.51. The molecule has 71 valence electrons. The minimum absolute atomic E-state index is 0.585. The van der Waals surface area contributed by atoms with Crippen LogP contribution < -0.4 is 9.47 Å². The highest BCUT2D eigenvalue weighted by molar-refractivity contribution is 5.56. The molecule has 0 spiro atoms. The van der Waals surface area contributed by atoms with E-state index >= 15 is 0 Å². The Morgan fingerprint density at radius 3 is 2.29 bits per heavy atom. The van der Waals surface area contributed by atoms with Crippen LogP contribution in [0, 0.1) is 17.4 Å². The van der Waals surface area contributed by atoms with Crippen LogP contribution in [0.3, 0.4) is 0 Å². The van der Waals surface area contributed by atoms with Crippen LogP contribution >= 0.6 is 0 Å². The van der Waals surface area contributed by atoms with Gasteiger partial charge in [-0.05, 0) is 23.8 Å². The quantitative estimate of drug-likeness (QED) is 0.681. The molecule has 0 aliphatic rings. The van der Waals surface area contributed by atoms with E-state index in [2.05, 4.69) is 6.07 Å². The van der Waals surface area contributed by atoms with Gasteiger partial charge in [-0.15, -0.1) is 0 Å². The summed E-state index contributed by atoms with van der Waals surface area (Å²) in [6.45, 7) is 0. The maximum Gasteiger partial charge on any atom is 0.131 e. The minimum atomic E-state index is 0.585. The third-order valence-corrected chi connectivity index (χ3v) is 1.63. The summed E-state index contributed by atoms with van der Waals surface area (Å²) < 4.78 is 10.0. The number of ether oxygens (including phenoxy) is 2. The van der Waals surface area contributed by atoms with E-state index in [4.69, 9.17) is 14.7 Å². The lowest BCUT2D eigenvalue weighted by atomic mass is 10.2. The first-order valence-electron chi connectivity index (χ1n) is 4.01. The molecule has 1 radical (unpaired) electrons. The molecule has 0 bridgehead atoms. The van der Waals surface area contributed by atoms with Crippen molar-refractivity contribution < 1.29 is 9.47 Å². The Balaban J connectivity index is 3.05. The minimum Gasteiger partial charge on any atom is -0.496 e. The monoisotopic (exact) mass is 188 g/mol. The third kappa shape index (κ3) is 2.53. The Morgan fingerprint density at radius 1 is 1.29 bits per heavy atom. The number of rotatable bonds is 3. The highest BCUT2D eigenvalue weighted by Gasteiger charge is 1.99. The van der Waals surface area contributed by atoms with Crippen molar-refractivity contribution in [2.45, 2.75) is 0 Å². The summed E-state index contributed by atoms with van der Waals surface area (Å²) >= 11 is 0. The summed E-state index contributed by atoms with van der Waals surface area (Å²) in [5.74, 6) is 1.17. The second kappa shape index (κ2) is 4.93. The van der Waals surface area contributed by atoms with E-state index in [1.165, 1.54) is 6.08 Å². The van der Waals surface area contributed by atoms with Gasteiger partial charge in [0.2, 0.25) is 0 Å². The van der Waals surface area contributed by atoms with Gasteiger partial charge in [0.15, 0.2) is 0 Å². The molecule has 1 rings (SSSR count). The van der Waals surface area contributed by atoms with E-state index in [-0.39, 0.29) is 0 Å². The molecule has 0 fully saturated rings. The molecule has 0 amide bonds. The first-order chi connectivity index (χ1) is 6.80. The standard InChI is InChI=1S/C11H10NO2/c1-13-10-6-9(4-3-5-12)7-11(8-10)14-2/h3-4,6-7H,1-2H3/b4-3+. The van der Waals surface area contributed by atoms with Crippen molar-refractivity contribution in [2.75, 3.05) is 14.2 Å². The van der Waals surface area contributed by atoms with E-state index in [0.717, 1.165) is 5.56 Å². The maximum absolute atomic E-state index is 8.37. The fourth-order valence-electron chi connectivity index (χ4n) is 0.988. The summed E-state index contributed by atoms with van der Waals surface area (Å²) in [6, 6.07) is 8.37. The van der Waals surface area contributed by atoms with E-state index in [1.807, 2.05) is 6.07 Å². The van der Waals surface area contributed by atoms with Crippen LogP contribution in [-0.4, -0.2) is 14.2 Å². The third-order valence-electron chi connectivity index (χ3n) is 1.63. The average molecular weight is 188 g/mol. The number of benzene rings is 1. The normalized spacial score (nSPS) is 9.79. The lowest BCUT2D eigenvalue weighted by molar-refractivity contribution is 0.392. The van der Waals surface area contributed by atoms with Gasteiger partial charge < -0.3 is 9.47 Å². The van der Waals surface area contributed by atoms with Crippen LogP contribution in [0.4, 0.5) is 0 Å². The first kappa shape index (κ1) is 10.1. The molecule has 1 aromatic rings. The molecule has 14 heavy (non-hydrogen) atoms. The predicted octanol–water partition coefficient (Wildman–Crippen LogP) is 2.04. The van der Waals surface area contributed by atoms with Gasteiger partial charge in [-0.3, -0.25) is 0 Å². The summed E-state index contributed by atoms with van der Waals surface area (Å²) in [5, 5.41) is 8.37. The number of hydrogen-bond donors (Lipinski definition) is 0. The topological polar surface area (TPSA) is 42.2 Å². The van der Waals surface area contributed by atoms with Crippen molar-refractivity contribution >= 4 is 6.08 Å². The van der Waals surface area contributed by atoms with Gasteiger partial charge in [-0.1, -0.05) is 0 Å². The fourth-order valence-corrected chi connectivity index (χ4v) is 0.988. The van der Waals surface area contributed by atoms with Gasteiger partial charge in [0.25, 0.3) is 0 Å². The van der Waals surface area contributed by atoms with Crippen molar-refractivity contribution in [3.63, 3.8) is 0 Å². The maximum atomic E-state index is 8.37. The molecule has 0 heterocycles. The number of allylic oxidation sites excluding steroid dienone is 1. The fraction of sp³-hybridized carbons (Fsp3) is 0.182. The van der Waals surface area contributed by atoms with Crippen molar-refractivity contribution in [3.8, 4) is 17.6 Å². The molecule has 1 aromatic carbocycles. The molecule has 0 unspecified atom stereocenters. The Morgan fingerprint density at radius 2 is 1.86 bits per heavy atom. The average Bonchev–Trinajstić information content (AvgIpc) is 2.25. The molecule has 0 aliphatic carbocycles. The van der Waals surface area contributed by atoms with E-state index < -0.39 is 0 Å². The predicted molar refractivity (Wildman–Crippen MR) is 53.0 cm³/mol. The van der Waals surface area contributed by atoms with Gasteiger partial charge >= 0.3 is 0 Å². The Labute approximate surface area is 83.2 Å². The van der Waals surface area contributed by atoms with Gasteiger partial charge in [0.05, 0.1) is 26.4 Å². The van der Waals surface area contributed by atoms with E-state index in [0.29, 0.717) is 11.5 Å².